The van der Waals surface area contributed by atoms with Crippen molar-refractivity contribution in [2.45, 2.75) is 69.0 Å². The van der Waals surface area contributed by atoms with Crippen molar-refractivity contribution in [3.05, 3.63) is 49.6 Å². The van der Waals surface area contributed by atoms with E-state index in [1.54, 1.807) is 40.8 Å². The normalized spacial score (nSPS) is 29.1. The number of aliphatic hydroxyl groups is 1. The third-order valence-electron chi connectivity index (χ3n) is 9.66. The van der Waals surface area contributed by atoms with Crippen LogP contribution >= 0.6 is 11.8 Å². The average molecular weight is 598 g/mol. The standard InChI is InChI=1S/C33H47N3O5S/c1-8-16-34(17-9-2)30(38)27-26-19-22(6)33(42-26)28(27)31(39)36(25(20-37)21(5)11-4)29(33)32(40)35(18-10-3)23-12-14-24(41-7)15-13-23/h8,10,12-15,21-22,25-29,37H,1,3,9,11,16-20H2,2,4-7H3/t21-,22?,25-,26+,27-,28-,29?,33?/m0/s1. The number of ether oxygens (including phenoxy) is 1. The van der Waals surface area contributed by atoms with E-state index in [9.17, 15) is 19.5 Å². The molecular weight excluding hydrogens is 550 g/mol. The van der Waals surface area contributed by atoms with Gasteiger partial charge in [-0.05, 0) is 48.9 Å². The molecule has 3 saturated heterocycles. The van der Waals surface area contributed by atoms with E-state index < -0.39 is 28.7 Å². The van der Waals surface area contributed by atoms with Gasteiger partial charge in [0, 0.05) is 30.6 Å². The fourth-order valence-electron chi connectivity index (χ4n) is 7.48. The SMILES string of the molecule is C=CCN(CCC)C(=O)[C@@H]1[C@H]2C(=O)N([C@@H](CO)[C@@H](C)CC)C(C(=O)N(CC=C)c3ccc(OC)cc3)C23S[C@@H]1CC3C. The van der Waals surface area contributed by atoms with E-state index in [0.717, 1.165) is 19.3 Å². The summed E-state index contributed by atoms with van der Waals surface area (Å²) >= 11 is 1.66. The van der Waals surface area contributed by atoms with Gasteiger partial charge >= 0.3 is 0 Å². The number of rotatable bonds is 14. The quantitative estimate of drug-likeness (QED) is 0.320. The van der Waals surface area contributed by atoms with Gasteiger partial charge in [0.25, 0.3) is 5.91 Å². The first kappa shape index (κ1) is 32.1. The molecule has 3 aliphatic rings. The molecule has 0 radical (unpaired) electrons. The Morgan fingerprint density at radius 2 is 1.86 bits per heavy atom. The zero-order chi connectivity index (χ0) is 30.8. The van der Waals surface area contributed by atoms with Crippen molar-refractivity contribution >= 4 is 35.2 Å². The number of hydrogen-bond acceptors (Lipinski definition) is 6. The predicted molar refractivity (Wildman–Crippen MR) is 168 cm³/mol. The zero-order valence-corrected chi connectivity index (χ0v) is 26.5. The number of fused-ring (bicyclic) bond motifs is 1. The van der Waals surface area contributed by atoms with E-state index in [2.05, 4.69) is 20.1 Å². The van der Waals surface area contributed by atoms with Crippen LogP contribution in [0.25, 0.3) is 0 Å². The third-order valence-corrected chi connectivity index (χ3v) is 11.7. The Balaban J connectivity index is 1.86. The smallest absolute Gasteiger partial charge is 0.251 e. The number of thioether (sulfide) groups is 1. The molecule has 230 valence electrons. The Morgan fingerprint density at radius 3 is 2.40 bits per heavy atom. The van der Waals surface area contributed by atoms with Crippen LogP contribution in [0.15, 0.2) is 49.6 Å². The van der Waals surface area contributed by atoms with Crippen LogP contribution in [0.4, 0.5) is 5.69 Å². The monoisotopic (exact) mass is 597 g/mol. The first-order valence-corrected chi connectivity index (χ1v) is 16.1. The van der Waals surface area contributed by atoms with Crippen LogP contribution in [0, 0.1) is 23.7 Å². The molecule has 3 aliphatic heterocycles. The van der Waals surface area contributed by atoms with Crippen LogP contribution in [0.2, 0.25) is 0 Å². The van der Waals surface area contributed by atoms with Crippen molar-refractivity contribution in [3.63, 3.8) is 0 Å². The molecule has 8 nitrogen and oxygen atoms in total. The summed E-state index contributed by atoms with van der Waals surface area (Å²) in [5.41, 5.74) is 0.676. The molecule has 3 fully saturated rings. The molecule has 3 heterocycles. The molecule has 3 amide bonds. The molecule has 0 aromatic heterocycles. The molecule has 1 aromatic carbocycles. The van der Waals surface area contributed by atoms with Gasteiger partial charge in [0.15, 0.2) is 0 Å². The van der Waals surface area contributed by atoms with Crippen molar-refractivity contribution in [1.29, 1.82) is 0 Å². The number of amides is 3. The lowest BCUT2D eigenvalue weighted by atomic mass is 9.65. The summed E-state index contributed by atoms with van der Waals surface area (Å²) in [5, 5.41) is 10.6. The Kier molecular flexibility index (Phi) is 10.1. The van der Waals surface area contributed by atoms with Crippen LogP contribution in [-0.4, -0.2) is 88.1 Å². The summed E-state index contributed by atoms with van der Waals surface area (Å²) in [6.45, 7) is 17.0. The molecule has 2 bridgehead atoms. The summed E-state index contributed by atoms with van der Waals surface area (Å²) in [6, 6.07) is 5.92. The second-order valence-corrected chi connectivity index (χ2v) is 13.5. The molecule has 8 atom stereocenters. The van der Waals surface area contributed by atoms with E-state index in [1.807, 2.05) is 49.9 Å². The summed E-state index contributed by atoms with van der Waals surface area (Å²) in [5.74, 6) is -0.912. The maximum atomic E-state index is 14.9. The van der Waals surface area contributed by atoms with Crippen molar-refractivity contribution < 1.29 is 24.2 Å². The van der Waals surface area contributed by atoms with Gasteiger partial charge in [-0.1, -0.05) is 46.3 Å². The topological polar surface area (TPSA) is 90.4 Å². The van der Waals surface area contributed by atoms with Gasteiger partial charge in [0.05, 0.1) is 36.3 Å². The number of carbonyl (C=O) groups excluding carboxylic acids is 3. The zero-order valence-electron chi connectivity index (χ0n) is 25.7. The number of carbonyl (C=O) groups is 3. The highest BCUT2D eigenvalue weighted by molar-refractivity contribution is 8.02. The lowest BCUT2D eigenvalue weighted by Crippen LogP contribution is -2.60. The highest BCUT2D eigenvalue weighted by Gasteiger charge is 2.77. The number of methoxy groups -OCH3 is 1. The summed E-state index contributed by atoms with van der Waals surface area (Å²) in [7, 11) is 1.59. The average Bonchev–Trinajstić information content (AvgIpc) is 3.59. The molecule has 42 heavy (non-hydrogen) atoms. The first-order valence-electron chi connectivity index (χ1n) is 15.2. The first-order chi connectivity index (χ1) is 20.2. The largest absolute Gasteiger partial charge is 0.497 e. The lowest BCUT2D eigenvalue weighted by Gasteiger charge is -2.43. The number of hydrogen-bond donors (Lipinski definition) is 1. The number of nitrogens with zero attached hydrogens (tertiary/aromatic N) is 3. The number of likely N-dealkylation sites (tertiary alicyclic amines) is 1. The van der Waals surface area contributed by atoms with Crippen LogP contribution in [0.1, 0.15) is 47.0 Å². The molecule has 4 rings (SSSR count). The van der Waals surface area contributed by atoms with Crippen LogP contribution in [0.3, 0.4) is 0 Å². The second-order valence-electron chi connectivity index (χ2n) is 11.9. The molecule has 1 spiro atoms. The van der Waals surface area contributed by atoms with Gasteiger partial charge in [0.2, 0.25) is 11.8 Å². The van der Waals surface area contributed by atoms with Gasteiger partial charge in [-0.2, -0.15) is 0 Å². The van der Waals surface area contributed by atoms with Crippen molar-refractivity contribution in [3.8, 4) is 5.75 Å². The van der Waals surface area contributed by atoms with Crippen molar-refractivity contribution in [2.24, 2.45) is 23.7 Å². The maximum absolute atomic E-state index is 14.9. The fourth-order valence-corrected chi connectivity index (χ4v) is 9.88. The van der Waals surface area contributed by atoms with E-state index in [1.165, 1.54) is 0 Å². The Bertz CT molecular complexity index is 1170. The molecule has 9 heteroatoms. The van der Waals surface area contributed by atoms with E-state index in [-0.39, 0.29) is 48.0 Å². The van der Waals surface area contributed by atoms with E-state index in [4.69, 9.17) is 4.74 Å². The number of benzene rings is 1. The van der Waals surface area contributed by atoms with Gasteiger partial charge in [0.1, 0.15) is 11.8 Å². The minimum absolute atomic E-state index is 0.0289. The predicted octanol–water partition coefficient (Wildman–Crippen LogP) is 4.38. The minimum atomic E-state index is -0.829. The molecule has 0 aliphatic carbocycles. The molecule has 3 unspecified atom stereocenters. The third kappa shape index (κ3) is 5.17. The Hall–Kier alpha value is -2.78. The van der Waals surface area contributed by atoms with Crippen molar-refractivity contribution in [2.75, 3.05) is 38.3 Å². The Morgan fingerprint density at radius 1 is 1.19 bits per heavy atom. The molecule has 0 saturated carbocycles. The fraction of sp³-hybridized carbons (Fsp3) is 0.606. The minimum Gasteiger partial charge on any atom is -0.497 e. The summed E-state index contributed by atoms with van der Waals surface area (Å²) in [6.07, 6.45) is 5.71. The summed E-state index contributed by atoms with van der Waals surface area (Å²) in [4.78, 5) is 49.0. The molecule has 1 N–H and O–H groups in total. The van der Waals surface area contributed by atoms with E-state index in [0.29, 0.717) is 24.5 Å². The maximum Gasteiger partial charge on any atom is 0.251 e. The number of aliphatic hydroxyl groups excluding tert-OH is 1. The Labute approximate surface area is 255 Å². The number of anilines is 1. The van der Waals surface area contributed by atoms with Crippen molar-refractivity contribution in [1.82, 2.24) is 9.80 Å². The van der Waals surface area contributed by atoms with Gasteiger partial charge < -0.3 is 24.5 Å². The summed E-state index contributed by atoms with van der Waals surface area (Å²) < 4.78 is 4.55. The second kappa shape index (κ2) is 13.2. The molecular formula is C33H47N3O5S. The van der Waals surface area contributed by atoms with Gasteiger partial charge in [-0.15, -0.1) is 24.9 Å². The van der Waals surface area contributed by atoms with Gasteiger partial charge in [-0.3, -0.25) is 14.4 Å². The highest BCUT2D eigenvalue weighted by atomic mass is 32.2. The lowest BCUT2D eigenvalue weighted by molar-refractivity contribution is -0.146. The van der Waals surface area contributed by atoms with E-state index >= 15 is 0 Å². The molecule has 1 aromatic rings. The van der Waals surface area contributed by atoms with Crippen LogP contribution in [0.5, 0.6) is 5.75 Å². The van der Waals surface area contributed by atoms with Crippen LogP contribution < -0.4 is 9.64 Å². The van der Waals surface area contributed by atoms with Gasteiger partial charge in [-0.25, -0.2) is 0 Å². The van der Waals surface area contributed by atoms with Crippen LogP contribution in [-0.2, 0) is 14.4 Å². The highest BCUT2D eigenvalue weighted by Crippen LogP contribution is 2.69.